The van der Waals surface area contributed by atoms with Crippen LogP contribution in [0.1, 0.15) is 31.0 Å². The number of nitriles is 1. The first-order valence-corrected chi connectivity index (χ1v) is 12.2. The number of carbonyl (C=O) groups is 1. The summed E-state index contributed by atoms with van der Waals surface area (Å²) in [6.07, 6.45) is 0. The third-order valence-corrected chi connectivity index (χ3v) is 6.29. The molecule has 3 aromatic rings. The molecule has 2 aliphatic heterocycles. The number of rotatable bonds is 7. The highest BCUT2D eigenvalue weighted by Crippen LogP contribution is 2.33. The molecule has 0 bridgehead atoms. The molecule has 3 heterocycles. The molecule has 0 spiro atoms. The summed E-state index contributed by atoms with van der Waals surface area (Å²) in [5.41, 5.74) is 2.89. The summed E-state index contributed by atoms with van der Waals surface area (Å²) in [4.78, 5) is 26.9. The van der Waals surface area contributed by atoms with Crippen molar-refractivity contribution in [3.05, 3.63) is 53.7 Å². The Hall–Kier alpha value is -3.90. The van der Waals surface area contributed by atoms with Crippen LogP contribution in [0.3, 0.4) is 0 Å². The molecule has 186 valence electrons. The number of piperazine rings is 1. The Morgan fingerprint density at radius 1 is 1.06 bits per heavy atom. The average Bonchev–Trinajstić information content (AvgIpc) is 3.36. The second kappa shape index (κ2) is 10.4. The smallest absolute Gasteiger partial charge is 0.329 e. The van der Waals surface area contributed by atoms with E-state index in [0.29, 0.717) is 30.1 Å². The topological polar surface area (TPSA) is 101 Å². The van der Waals surface area contributed by atoms with Crippen molar-refractivity contribution in [2.75, 3.05) is 44.5 Å². The van der Waals surface area contributed by atoms with Crippen molar-refractivity contribution in [3.63, 3.8) is 0 Å². The highest BCUT2D eigenvalue weighted by Gasteiger charge is 2.31. The maximum Gasteiger partial charge on any atom is 0.329 e. The Bertz CT molecular complexity index is 1300. The predicted octanol–water partition coefficient (Wildman–Crippen LogP) is 3.49. The Morgan fingerprint density at radius 2 is 1.78 bits per heavy atom. The van der Waals surface area contributed by atoms with Gasteiger partial charge in [-0.25, -0.2) is 9.97 Å². The van der Waals surface area contributed by atoms with Gasteiger partial charge in [0.2, 0.25) is 6.79 Å². The Labute approximate surface area is 210 Å². The van der Waals surface area contributed by atoms with Crippen LogP contribution in [0, 0.1) is 17.2 Å². The molecule has 0 unspecified atom stereocenters. The highest BCUT2D eigenvalue weighted by molar-refractivity contribution is 5.85. The molecule has 1 atom stereocenters. The van der Waals surface area contributed by atoms with Crippen molar-refractivity contribution in [2.24, 2.45) is 5.92 Å². The van der Waals surface area contributed by atoms with Crippen LogP contribution in [0.25, 0.3) is 11.0 Å². The van der Waals surface area contributed by atoms with Crippen molar-refractivity contribution in [2.45, 2.75) is 26.3 Å². The summed E-state index contributed by atoms with van der Waals surface area (Å²) in [6, 6.07) is 15.7. The average molecular weight is 488 g/mol. The summed E-state index contributed by atoms with van der Waals surface area (Å²) in [5, 5.41) is 9.92. The number of fused-ring (bicyclic) bond motifs is 2. The van der Waals surface area contributed by atoms with Gasteiger partial charge in [0.1, 0.15) is 5.69 Å². The lowest BCUT2D eigenvalue weighted by Gasteiger charge is -2.36. The molecule has 1 saturated heterocycles. The number of para-hydroxylation sites is 2. The summed E-state index contributed by atoms with van der Waals surface area (Å²) >= 11 is 0. The molecule has 2 aromatic carbocycles. The Balaban J connectivity index is 1.35. The zero-order valence-corrected chi connectivity index (χ0v) is 20.5. The van der Waals surface area contributed by atoms with E-state index in [1.165, 1.54) is 0 Å². The van der Waals surface area contributed by atoms with Crippen LogP contribution >= 0.6 is 0 Å². The van der Waals surface area contributed by atoms with Gasteiger partial charge in [-0.1, -0.05) is 32.0 Å². The lowest BCUT2D eigenvalue weighted by molar-refractivity contribution is -0.145. The number of nitrogens with zero attached hydrogens (tertiary/aromatic N) is 5. The lowest BCUT2D eigenvalue weighted by atomic mass is 10.1. The molecular weight excluding hydrogens is 458 g/mol. The number of benzene rings is 2. The van der Waals surface area contributed by atoms with Crippen molar-refractivity contribution in [1.82, 2.24) is 14.9 Å². The van der Waals surface area contributed by atoms with Crippen LogP contribution in [0.15, 0.2) is 42.5 Å². The zero-order valence-electron chi connectivity index (χ0n) is 20.5. The van der Waals surface area contributed by atoms with Gasteiger partial charge < -0.3 is 19.1 Å². The number of anilines is 1. The van der Waals surface area contributed by atoms with Gasteiger partial charge in [0, 0.05) is 32.7 Å². The van der Waals surface area contributed by atoms with E-state index in [4.69, 9.17) is 24.2 Å². The van der Waals surface area contributed by atoms with Gasteiger partial charge in [0.15, 0.2) is 23.2 Å². The summed E-state index contributed by atoms with van der Waals surface area (Å²) < 4.78 is 16.3. The van der Waals surface area contributed by atoms with Gasteiger partial charge in [-0.15, -0.1) is 0 Å². The van der Waals surface area contributed by atoms with E-state index >= 15 is 0 Å². The largest absolute Gasteiger partial charge is 0.464 e. The molecule has 9 nitrogen and oxygen atoms in total. The molecular formula is C27H29N5O4. The lowest BCUT2D eigenvalue weighted by Crippen LogP contribution is -2.46. The van der Waals surface area contributed by atoms with E-state index in [0.717, 1.165) is 42.2 Å². The van der Waals surface area contributed by atoms with Crippen molar-refractivity contribution in [3.8, 4) is 17.6 Å². The van der Waals surface area contributed by atoms with Crippen LogP contribution in [0.4, 0.5) is 5.82 Å². The second-order valence-corrected chi connectivity index (χ2v) is 9.46. The van der Waals surface area contributed by atoms with Crippen LogP contribution in [0.5, 0.6) is 11.5 Å². The van der Waals surface area contributed by atoms with E-state index in [9.17, 15) is 10.1 Å². The number of esters is 1. The number of ether oxygens (including phenoxy) is 3. The molecule has 0 aliphatic carbocycles. The number of carbonyl (C=O) groups excluding carboxylic acids is 1. The van der Waals surface area contributed by atoms with E-state index in [-0.39, 0.29) is 19.3 Å². The van der Waals surface area contributed by atoms with E-state index in [1.54, 1.807) is 0 Å². The molecule has 0 radical (unpaired) electrons. The first-order valence-electron chi connectivity index (χ1n) is 12.2. The van der Waals surface area contributed by atoms with Gasteiger partial charge in [0.25, 0.3) is 0 Å². The van der Waals surface area contributed by atoms with Gasteiger partial charge >= 0.3 is 5.97 Å². The third-order valence-electron chi connectivity index (χ3n) is 6.29. The third kappa shape index (κ3) is 5.04. The van der Waals surface area contributed by atoms with Crippen LogP contribution in [-0.2, 0) is 16.1 Å². The number of hydrogen-bond donors (Lipinski definition) is 0. The van der Waals surface area contributed by atoms with E-state index < -0.39 is 11.9 Å². The molecule has 0 amide bonds. The molecule has 5 rings (SSSR count). The molecule has 2 aliphatic rings. The summed E-state index contributed by atoms with van der Waals surface area (Å²) in [5.74, 6) is 0.595. The fraction of sp³-hybridized carbons (Fsp3) is 0.407. The minimum absolute atomic E-state index is 0.174. The minimum Gasteiger partial charge on any atom is -0.464 e. The van der Waals surface area contributed by atoms with Crippen LogP contribution in [-0.4, -0.2) is 60.4 Å². The van der Waals surface area contributed by atoms with Gasteiger partial charge in [0.05, 0.1) is 23.7 Å². The van der Waals surface area contributed by atoms with E-state index in [2.05, 4.69) is 21.9 Å². The van der Waals surface area contributed by atoms with Crippen LogP contribution in [0.2, 0.25) is 0 Å². The molecule has 1 aromatic heterocycles. The highest BCUT2D eigenvalue weighted by atomic mass is 16.7. The SMILES string of the molecule is CC(C)COC(=O)[C@H](C#N)c1nc2ccccc2nc1N1CCN(Cc2ccc3c(c2)OCO3)CC1. The molecule has 1 fully saturated rings. The van der Waals surface area contributed by atoms with Gasteiger partial charge in [-0.05, 0) is 35.7 Å². The quantitative estimate of drug-likeness (QED) is 0.464. The van der Waals surface area contributed by atoms with Gasteiger partial charge in [-0.2, -0.15) is 5.26 Å². The van der Waals surface area contributed by atoms with E-state index in [1.807, 2.05) is 50.2 Å². The molecule has 36 heavy (non-hydrogen) atoms. The first-order chi connectivity index (χ1) is 17.5. The monoisotopic (exact) mass is 487 g/mol. The van der Waals surface area contributed by atoms with Crippen LogP contribution < -0.4 is 14.4 Å². The zero-order chi connectivity index (χ0) is 25.1. The second-order valence-electron chi connectivity index (χ2n) is 9.46. The maximum absolute atomic E-state index is 12.8. The fourth-order valence-electron chi connectivity index (χ4n) is 4.40. The Morgan fingerprint density at radius 3 is 2.50 bits per heavy atom. The summed E-state index contributed by atoms with van der Waals surface area (Å²) in [7, 11) is 0. The summed E-state index contributed by atoms with van der Waals surface area (Å²) in [6.45, 7) is 8.23. The first kappa shape index (κ1) is 23.8. The normalized spacial score (nSPS) is 16.2. The Kier molecular flexibility index (Phi) is 6.87. The number of aromatic nitrogens is 2. The van der Waals surface area contributed by atoms with Crippen molar-refractivity contribution < 1.29 is 19.0 Å². The van der Waals surface area contributed by atoms with Gasteiger partial charge in [-0.3, -0.25) is 9.69 Å². The maximum atomic E-state index is 12.8. The molecule has 9 heteroatoms. The standard InChI is InChI=1S/C27H29N5O4/c1-18(2)16-34-27(33)20(14-28)25-26(30-22-6-4-3-5-21(22)29-25)32-11-9-31(10-12-32)15-19-7-8-23-24(13-19)36-17-35-23/h3-8,13,18,20H,9-12,15-17H2,1-2H3/t20-/m1/s1. The fourth-order valence-corrected chi connectivity index (χ4v) is 4.40. The molecule has 0 saturated carbocycles. The predicted molar refractivity (Wildman–Crippen MR) is 134 cm³/mol. The minimum atomic E-state index is -1.14. The van der Waals surface area contributed by atoms with Crippen molar-refractivity contribution >= 4 is 22.8 Å². The molecule has 0 N–H and O–H groups in total. The number of hydrogen-bond acceptors (Lipinski definition) is 9. The van der Waals surface area contributed by atoms with Crippen molar-refractivity contribution in [1.29, 1.82) is 5.26 Å².